The maximum absolute atomic E-state index is 12.1. The highest BCUT2D eigenvalue weighted by molar-refractivity contribution is 5.78. The minimum atomic E-state index is -0.650. The Labute approximate surface area is 116 Å². The zero-order chi connectivity index (χ0) is 13.7. The van der Waals surface area contributed by atoms with Gasteiger partial charge in [0, 0.05) is 12.5 Å². The van der Waals surface area contributed by atoms with E-state index in [1.807, 2.05) is 0 Å². The number of amides is 1. The van der Waals surface area contributed by atoms with Crippen LogP contribution in [0.3, 0.4) is 0 Å². The number of rotatable bonds is 4. The molecule has 0 heterocycles. The second-order valence-corrected chi connectivity index (χ2v) is 6.46. The van der Waals surface area contributed by atoms with Gasteiger partial charge in [-0.25, -0.2) is 0 Å². The Balaban J connectivity index is 1.72. The van der Waals surface area contributed by atoms with Crippen LogP contribution >= 0.6 is 0 Å². The van der Waals surface area contributed by atoms with E-state index >= 15 is 0 Å². The van der Waals surface area contributed by atoms with Gasteiger partial charge < -0.3 is 16.2 Å². The summed E-state index contributed by atoms with van der Waals surface area (Å²) in [7, 11) is 0. The first kappa shape index (κ1) is 14.8. The highest BCUT2D eigenvalue weighted by Crippen LogP contribution is 2.29. The minimum Gasteiger partial charge on any atom is -0.388 e. The molecule has 2 fully saturated rings. The van der Waals surface area contributed by atoms with Crippen LogP contribution in [0.15, 0.2) is 0 Å². The zero-order valence-corrected chi connectivity index (χ0v) is 11.9. The lowest BCUT2D eigenvalue weighted by Gasteiger charge is -2.33. The van der Waals surface area contributed by atoms with Crippen LogP contribution in [0.5, 0.6) is 0 Å². The van der Waals surface area contributed by atoms with Crippen molar-refractivity contribution in [3.8, 4) is 0 Å². The van der Waals surface area contributed by atoms with Gasteiger partial charge in [-0.2, -0.15) is 0 Å². The van der Waals surface area contributed by atoms with Crippen LogP contribution in [-0.4, -0.2) is 29.7 Å². The molecule has 2 aliphatic rings. The van der Waals surface area contributed by atoms with Gasteiger partial charge in [0.2, 0.25) is 5.91 Å². The SMILES string of the molecule is NCC1CCC(C(=O)NCC2(O)CCCCC2)CC1. The van der Waals surface area contributed by atoms with Gasteiger partial charge in [-0.15, -0.1) is 0 Å². The lowest BCUT2D eigenvalue weighted by Crippen LogP contribution is -2.46. The predicted molar refractivity (Wildman–Crippen MR) is 75.5 cm³/mol. The highest BCUT2D eigenvalue weighted by Gasteiger charge is 2.31. The molecule has 0 aromatic heterocycles. The Bertz CT molecular complexity index is 293. The topological polar surface area (TPSA) is 75.4 Å². The first-order chi connectivity index (χ1) is 9.13. The minimum absolute atomic E-state index is 0.134. The maximum atomic E-state index is 12.1. The molecular formula is C15H28N2O2. The standard InChI is InChI=1S/C15H28N2O2/c16-10-12-4-6-13(7-5-12)14(18)17-11-15(19)8-2-1-3-9-15/h12-13,19H,1-11,16H2,(H,17,18). The molecule has 0 unspecified atom stereocenters. The molecule has 0 aromatic carbocycles. The van der Waals surface area contributed by atoms with Gasteiger partial charge in [-0.05, 0) is 51.0 Å². The molecule has 4 nitrogen and oxygen atoms in total. The molecule has 0 saturated heterocycles. The lowest BCUT2D eigenvalue weighted by molar-refractivity contribution is -0.127. The molecule has 0 radical (unpaired) electrons. The molecule has 110 valence electrons. The molecule has 2 aliphatic carbocycles. The van der Waals surface area contributed by atoms with Gasteiger partial charge in [0.1, 0.15) is 0 Å². The van der Waals surface area contributed by atoms with Crippen LogP contribution in [0.1, 0.15) is 57.8 Å². The Morgan fingerprint density at radius 1 is 1.16 bits per heavy atom. The zero-order valence-electron chi connectivity index (χ0n) is 11.9. The summed E-state index contributed by atoms with van der Waals surface area (Å²) in [4.78, 5) is 12.1. The summed E-state index contributed by atoms with van der Waals surface area (Å²) in [6.07, 6.45) is 9.05. The first-order valence-corrected chi connectivity index (χ1v) is 7.83. The van der Waals surface area contributed by atoms with Gasteiger partial charge in [0.25, 0.3) is 0 Å². The highest BCUT2D eigenvalue weighted by atomic mass is 16.3. The van der Waals surface area contributed by atoms with Gasteiger partial charge in [-0.3, -0.25) is 4.79 Å². The smallest absolute Gasteiger partial charge is 0.223 e. The van der Waals surface area contributed by atoms with Crippen molar-refractivity contribution in [1.29, 1.82) is 0 Å². The monoisotopic (exact) mass is 268 g/mol. The van der Waals surface area contributed by atoms with Gasteiger partial charge in [-0.1, -0.05) is 19.3 Å². The van der Waals surface area contributed by atoms with Crippen molar-refractivity contribution in [2.75, 3.05) is 13.1 Å². The fourth-order valence-corrected chi connectivity index (χ4v) is 3.44. The Hall–Kier alpha value is -0.610. The van der Waals surface area contributed by atoms with Gasteiger partial charge in [0.15, 0.2) is 0 Å². The van der Waals surface area contributed by atoms with E-state index in [0.717, 1.165) is 57.9 Å². The van der Waals surface area contributed by atoms with Gasteiger partial charge >= 0.3 is 0 Å². The average molecular weight is 268 g/mol. The molecule has 2 saturated carbocycles. The van der Waals surface area contributed by atoms with Crippen LogP contribution in [-0.2, 0) is 4.79 Å². The van der Waals surface area contributed by atoms with E-state index in [1.165, 1.54) is 6.42 Å². The van der Waals surface area contributed by atoms with E-state index < -0.39 is 5.60 Å². The van der Waals surface area contributed by atoms with Gasteiger partial charge in [0.05, 0.1) is 5.60 Å². The summed E-state index contributed by atoms with van der Waals surface area (Å²) in [5.74, 6) is 0.871. The Morgan fingerprint density at radius 2 is 1.79 bits per heavy atom. The van der Waals surface area contributed by atoms with Crippen molar-refractivity contribution < 1.29 is 9.90 Å². The summed E-state index contributed by atoms with van der Waals surface area (Å²) < 4.78 is 0. The Kier molecular flexibility index (Phi) is 5.22. The summed E-state index contributed by atoms with van der Waals surface area (Å²) in [6.45, 7) is 1.18. The number of hydrogen-bond acceptors (Lipinski definition) is 3. The third-order valence-electron chi connectivity index (χ3n) is 4.93. The third kappa shape index (κ3) is 4.18. The van der Waals surface area contributed by atoms with Crippen molar-refractivity contribution in [2.45, 2.75) is 63.4 Å². The number of carbonyl (C=O) groups is 1. The summed E-state index contributed by atoms with van der Waals surface area (Å²) >= 11 is 0. The maximum Gasteiger partial charge on any atom is 0.223 e. The van der Waals surface area contributed by atoms with Crippen LogP contribution in [0.2, 0.25) is 0 Å². The second-order valence-electron chi connectivity index (χ2n) is 6.46. The quantitative estimate of drug-likeness (QED) is 0.724. The molecule has 0 atom stereocenters. The average Bonchev–Trinajstić information content (AvgIpc) is 2.46. The fourth-order valence-electron chi connectivity index (χ4n) is 3.44. The van der Waals surface area contributed by atoms with Crippen LogP contribution in [0, 0.1) is 11.8 Å². The summed E-state index contributed by atoms with van der Waals surface area (Å²) in [5.41, 5.74) is 5.01. The van der Waals surface area contributed by atoms with Crippen molar-refractivity contribution in [2.24, 2.45) is 17.6 Å². The largest absolute Gasteiger partial charge is 0.388 e. The number of carbonyl (C=O) groups excluding carboxylic acids is 1. The van der Waals surface area contributed by atoms with Crippen molar-refractivity contribution in [1.82, 2.24) is 5.32 Å². The molecule has 4 N–H and O–H groups in total. The van der Waals surface area contributed by atoms with E-state index in [0.29, 0.717) is 12.5 Å². The normalized spacial score (nSPS) is 30.8. The van der Waals surface area contributed by atoms with E-state index in [9.17, 15) is 9.90 Å². The third-order valence-corrected chi connectivity index (χ3v) is 4.93. The second kappa shape index (κ2) is 6.71. The van der Waals surface area contributed by atoms with Crippen molar-refractivity contribution in [3.05, 3.63) is 0 Å². The molecule has 4 heteroatoms. The number of aliphatic hydroxyl groups is 1. The molecule has 0 bridgehead atoms. The molecular weight excluding hydrogens is 240 g/mol. The molecule has 1 amide bonds. The van der Waals surface area contributed by atoms with Crippen LogP contribution in [0.4, 0.5) is 0 Å². The van der Waals surface area contributed by atoms with Crippen molar-refractivity contribution in [3.63, 3.8) is 0 Å². The van der Waals surface area contributed by atoms with E-state index in [1.54, 1.807) is 0 Å². The fraction of sp³-hybridized carbons (Fsp3) is 0.933. The molecule has 0 aliphatic heterocycles. The van der Waals surface area contributed by atoms with E-state index in [-0.39, 0.29) is 11.8 Å². The first-order valence-electron chi connectivity index (χ1n) is 7.83. The predicted octanol–water partition coefficient (Wildman–Crippen LogP) is 1.56. The van der Waals surface area contributed by atoms with Crippen molar-refractivity contribution >= 4 is 5.91 Å². The summed E-state index contributed by atoms with van der Waals surface area (Å²) in [6, 6.07) is 0. The summed E-state index contributed by atoms with van der Waals surface area (Å²) in [5, 5.41) is 13.3. The molecule has 0 spiro atoms. The molecule has 2 rings (SSSR count). The number of hydrogen-bond donors (Lipinski definition) is 3. The lowest BCUT2D eigenvalue weighted by atomic mass is 9.81. The van der Waals surface area contributed by atoms with E-state index in [4.69, 9.17) is 5.73 Å². The number of nitrogens with one attached hydrogen (secondary N) is 1. The van der Waals surface area contributed by atoms with E-state index in [2.05, 4.69) is 5.32 Å². The van der Waals surface area contributed by atoms with Crippen LogP contribution in [0.25, 0.3) is 0 Å². The van der Waals surface area contributed by atoms with Crippen LogP contribution < -0.4 is 11.1 Å². The molecule has 0 aromatic rings. The number of nitrogens with two attached hydrogens (primary N) is 1. The molecule has 19 heavy (non-hydrogen) atoms. The Morgan fingerprint density at radius 3 is 2.37 bits per heavy atom.